The predicted molar refractivity (Wildman–Crippen MR) is 62.1 cm³/mol. The van der Waals surface area contributed by atoms with E-state index >= 15 is 0 Å². The molecule has 1 aromatic heterocycles. The predicted octanol–water partition coefficient (Wildman–Crippen LogP) is 0.978. The van der Waals surface area contributed by atoms with E-state index in [1.807, 2.05) is 11.8 Å². The summed E-state index contributed by atoms with van der Waals surface area (Å²) in [4.78, 5) is 19.9. The van der Waals surface area contributed by atoms with Gasteiger partial charge in [-0.05, 0) is 13.3 Å². The van der Waals surface area contributed by atoms with E-state index in [2.05, 4.69) is 16.9 Å². The molecule has 5 nitrogen and oxygen atoms in total. The van der Waals surface area contributed by atoms with Crippen LogP contribution < -0.4 is 16.2 Å². The Morgan fingerprint density at radius 3 is 2.87 bits per heavy atom. The largest absolute Gasteiger partial charge is 0.391 e. The molecule has 3 N–H and O–H groups in total. The fourth-order valence-electron chi connectivity index (χ4n) is 1.42. The van der Waals surface area contributed by atoms with Crippen LogP contribution in [-0.4, -0.2) is 23.1 Å². The molecule has 84 valence electrons. The zero-order chi connectivity index (χ0) is 11.3. The summed E-state index contributed by atoms with van der Waals surface area (Å²) in [5, 5.41) is 0. The summed E-state index contributed by atoms with van der Waals surface area (Å²) in [6.07, 6.45) is 3.57. The monoisotopic (exact) mass is 210 g/mol. The Labute approximate surface area is 89.3 Å². The van der Waals surface area contributed by atoms with Crippen LogP contribution >= 0.6 is 0 Å². The van der Waals surface area contributed by atoms with Crippen LogP contribution in [0, 0.1) is 0 Å². The maximum atomic E-state index is 11.3. The summed E-state index contributed by atoms with van der Waals surface area (Å²) in [6.45, 7) is 5.84. The molecule has 0 saturated heterocycles. The summed E-state index contributed by atoms with van der Waals surface area (Å²) in [5.74, 6) is 0.592. The third kappa shape index (κ3) is 2.71. The number of rotatable bonds is 5. The second-order valence-corrected chi connectivity index (χ2v) is 3.40. The van der Waals surface area contributed by atoms with Gasteiger partial charge in [0, 0.05) is 13.1 Å². The lowest BCUT2D eigenvalue weighted by Gasteiger charge is -2.22. The molecule has 0 bridgehead atoms. The Bertz CT molecular complexity index is 361. The van der Waals surface area contributed by atoms with Gasteiger partial charge in [0.15, 0.2) is 5.82 Å². The number of aromatic nitrogens is 2. The van der Waals surface area contributed by atoms with E-state index in [-0.39, 0.29) is 11.2 Å². The molecule has 0 atom stereocenters. The van der Waals surface area contributed by atoms with Gasteiger partial charge in [0.1, 0.15) is 5.69 Å². The van der Waals surface area contributed by atoms with E-state index in [0.29, 0.717) is 5.82 Å². The van der Waals surface area contributed by atoms with Crippen molar-refractivity contribution in [3.63, 3.8) is 0 Å². The summed E-state index contributed by atoms with van der Waals surface area (Å²) in [6, 6.07) is 0. The molecule has 15 heavy (non-hydrogen) atoms. The number of nitrogen functional groups attached to an aromatic ring is 1. The molecular weight excluding hydrogens is 192 g/mol. The molecule has 0 aliphatic rings. The van der Waals surface area contributed by atoms with Crippen LogP contribution in [-0.2, 0) is 0 Å². The number of unbranched alkanes of at least 4 members (excludes halogenated alkanes) is 1. The zero-order valence-electron chi connectivity index (χ0n) is 9.29. The first-order chi connectivity index (χ1) is 7.20. The first-order valence-electron chi connectivity index (χ1n) is 5.28. The molecule has 0 amide bonds. The number of H-pyrrole nitrogens is 1. The van der Waals surface area contributed by atoms with Crippen LogP contribution in [0.1, 0.15) is 26.7 Å². The average molecular weight is 210 g/mol. The lowest BCUT2D eigenvalue weighted by Crippen LogP contribution is -2.28. The quantitative estimate of drug-likeness (QED) is 0.759. The summed E-state index contributed by atoms with van der Waals surface area (Å²) >= 11 is 0. The molecule has 1 rings (SSSR count). The van der Waals surface area contributed by atoms with Gasteiger partial charge >= 0.3 is 0 Å². The number of hydrogen-bond donors (Lipinski definition) is 2. The Morgan fingerprint density at radius 1 is 1.53 bits per heavy atom. The van der Waals surface area contributed by atoms with Crippen LogP contribution in [0.15, 0.2) is 11.1 Å². The van der Waals surface area contributed by atoms with E-state index in [9.17, 15) is 4.79 Å². The minimum atomic E-state index is -0.269. The highest BCUT2D eigenvalue weighted by Gasteiger charge is 2.10. The molecule has 1 heterocycles. The van der Waals surface area contributed by atoms with Crippen LogP contribution in [0.2, 0.25) is 0 Å². The molecule has 0 saturated carbocycles. The summed E-state index contributed by atoms with van der Waals surface area (Å²) in [5.41, 5.74) is 5.62. The number of hydrogen-bond acceptors (Lipinski definition) is 4. The lowest BCUT2D eigenvalue weighted by molar-refractivity contribution is 0.723. The number of anilines is 2. The summed E-state index contributed by atoms with van der Waals surface area (Å²) in [7, 11) is 0. The number of nitrogens with two attached hydrogens (primary N) is 1. The van der Waals surface area contributed by atoms with E-state index < -0.39 is 0 Å². The topological polar surface area (TPSA) is 75.0 Å². The molecular formula is C10H18N4O. The maximum Gasteiger partial charge on any atom is 0.276 e. The van der Waals surface area contributed by atoms with Crippen molar-refractivity contribution in [2.24, 2.45) is 0 Å². The zero-order valence-corrected chi connectivity index (χ0v) is 9.29. The van der Waals surface area contributed by atoms with Gasteiger partial charge in [-0.3, -0.25) is 4.79 Å². The highest BCUT2D eigenvalue weighted by atomic mass is 16.1. The Hall–Kier alpha value is -1.52. The normalized spacial score (nSPS) is 10.3. The Morgan fingerprint density at radius 2 is 2.27 bits per heavy atom. The van der Waals surface area contributed by atoms with Crippen molar-refractivity contribution in [3.05, 3.63) is 16.7 Å². The highest BCUT2D eigenvalue weighted by Crippen LogP contribution is 2.15. The van der Waals surface area contributed by atoms with Gasteiger partial charge in [-0.2, -0.15) is 0 Å². The van der Waals surface area contributed by atoms with Crippen molar-refractivity contribution >= 4 is 11.5 Å². The van der Waals surface area contributed by atoms with Gasteiger partial charge in [0.2, 0.25) is 0 Å². The van der Waals surface area contributed by atoms with E-state index in [0.717, 1.165) is 25.9 Å². The standard InChI is InChI=1S/C10H18N4O/c1-3-5-6-14(4-2)9-8(11)10(15)13-7-12-9/h7H,3-6,11H2,1-2H3,(H,12,13,15). The first-order valence-corrected chi connectivity index (χ1v) is 5.28. The molecule has 0 aliphatic heterocycles. The molecule has 0 radical (unpaired) electrons. The number of nitrogens with zero attached hydrogens (tertiary/aromatic N) is 2. The second-order valence-electron chi connectivity index (χ2n) is 3.40. The molecule has 0 spiro atoms. The van der Waals surface area contributed by atoms with Crippen LogP contribution in [0.4, 0.5) is 11.5 Å². The maximum absolute atomic E-state index is 11.3. The molecule has 0 fully saturated rings. The Kier molecular flexibility index (Phi) is 4.15. The minimum absolute atomic E-state index is 0.204. The first kappa shape index (κ1) is 11.6. The van der Waals surface area contributed by atoms with Crippen molar-refractivity contribution in [1.82, 2.24) is 9.97 Å². The summed E-state index contributed by atoms with van der Waals surface area (Å²) < 4.78 is 0. The third-order valence-electron chi connectivity index (χ3n) is 2.33. The SMILES string of the molecule is CCCCN(CC)c1nc[nH]c(=O)c1N. The minimum Gasteiger partial charge on any atom is -0.391 e. The van der Waals surface area contributed by atoms with Gasteiger partial charge < -0.3 is 15.6 Å². The number of nitrogens with one attached hydrogen (secondary N) is 1. The van der Waals surface area contributed by atoms with Crippen molar-refractivity contribution in [1.29, 1.82) is 0 Å². The fraction of sp³-hybridized carbons (Fsp3) is 0.600. The average Bonchev–Trinajstić information content (AvgIpc) is 2.25. The molecule has 0 aromatic carbocycles. The molecule has 1 aromatic rings. The van der Waals surface area contributed by atoms with Gasteiger partial charge in [0.05, 0.1) is 6.33 Å². The van der Waals surface area contributed by atoms with E-state index in [1.165, 1.54) is 6.33 Å². The van der Waals surface area contributed by atoms with Gasteiger partial charge in [-0.1, -0.05) is 13.3 Å². The van der Waals surface area contributed by atoms with Crippen molar-refractivity contribution < 1.29 is 0 Å². The van der Waals surface area contributed by atoms with Gasteiger partial charge in [0.25, 0.3) is 5.56 Å². The smallest absolute Gasteiger partial charge is 0.276 e. The fourth-order valence-corrected chi connectivity index (χ4v) is 1.42. The molecule has 0 aliphatic carbocycles. The van der Waals surface area contributed by atoms with Crippen molar-refractivity contribution in [2.45, 2.75) is 26.7 Å². The highest BCUT2D eigenvalue weighted by molar-refractivity contribution is 5.60. The van der Waals surface area contributed by atoms with Crippen molar-refractivity contribution in [2.75, 3.05) is 23.7 Å². The van der Waals surface area contributed by atoms with Crippen LogP contribution in [0.25, 0.3) is 0 Å². The molecule has 0 unspecified atom stereocenters. The van der Waals surface area contributed by atoms with Crippen LogP contribution in [0.3, 0.4) is 0 Å². The molecule has 5 heteroatoms. The Balaban J connectivity index is 2.91. The van der Waals surface area contributed by atoms with Gasteiger partial charge in [-0.25, -0.2) is 4.98 Å². The van der Waals surface area contributed by atoms with Gasteiger partial charge in [-0.15, -0.1) is 0 Å². The van der Waals surface area contributed by atoms with E-state index in [1.54, 1.807) is 0 Å². The van der Waals surface area contributed by atoms with Crippen molar-refractivity contribution in [3.8, 4) is 0 Å². The third-order valence-corrected chi connectivity index (χ3v) is 2.33. The second kappa shape index (κ2) is 5.38. The number of aromatic amines is 1. The van der Waals surface area contributed by atoms with Crippen LogP contribution in [0.5, 0.6) is 0 Å². The van der Waals surface area contributed by atoms with E-state index in [4.69, 9.17) is 5.73 Å². The lowest BCUT2D eigenvalue weighted by atomic mass is 10.3.